The zero-order valence-corrected chi connectivity index (χ0v) is 9.73. The van der Waals surface area contributed by atoms with E-state index < -0.39 is 0 Å². The second-order valence-corrected chi connectivity index (χ2v) is 4.03. The second-order valence-electron chi connectivity index (χ2n) is 3.17. The summed E-state index contributed by atoms with van der Waals surface area (Å²) in [7, 11) is 1.80. The first kappa shape index (κ1) is 10.1. The number of imidazole rings is 1. The Morgan fingerprint density at radius 1 is 1.40 bits per heavy atom. The normalized spacial score (nSPS) is 10.3. The Morgan fingerprint density at radius 3 is 2.73 bits per heavy atom. The molecule has 0 saturated heterocycles. The Kier molecular flexibility index (Phi) is 2.68. The monoisotopic (exact) mass is 264 g/mol. The predicted octanol–water partition coefficient (Wildman–Crippen LogP) is 2.41. The maximum Gasteiger partial charge on any atom is 0.229 e. The van der Waals surface area contributed by atoms with Crippen LogP contribution in [0.4, 0.5) is 0 Å². The number of carbonyl (C=O) groups is 1. The number of benzene rings is 1. The zero-order chi connectivity index (χ0) is 10.8. The van der Waals surface area contributed by atoms with Gasteiger partial charge >= 0.3 is 0 Å². The van der Waals surface area contributed by atoms with Crippen molar-refractivity contribution in [2.45, 2.75) is 0 Å². The van der Waals surface area contributed by atoms with Gasteiger partial charge in [0.25, 0.3) is 0 Å². The van der Waals surface area contributed by atoms with Gasteiger partial charge in [0.05, 0.1) is 0 Å². The Labute approximate surface area is 95.9 Å². The van der Waals surface area contributed by atoms with Crippen LogP contribution in [0.1, 0.15) is 16.2 Å². The quantitative estimate of drug-likeness (QED) is 0.781. The molecule has 0 spiro atoms. The molecule has 0 atom stereocenters. The van der Waals surface area contributed by atoms with Gasteiger partial charge in [0.15, 0.2) is 5.82 Å². The fourth-order valence-corrected chi connectivity index (χ4v) is 1.82. The van der Waals surface area contributed by atoms with Gasteiger partial charge in [-0.2, -0.15) is 0 Å². The third-order valence-corrected chi connectivity index (χ3v) is 2.83. The van der Waals surface area contributed by atoms with Gasteiger partial charge in [-0.1, -0.05) is 28.1 Å². The fraction of sp³-hybridized carbons (Fsp3) is 0.0909. The van der Waals surface area contributed by atoms with Crippen molar-refractivity contribution in [3.63, 3.8) is 0 Å². The molecule has 0 saturated carbocycles. The van der Waals surface area contributed by atoms with Gasteiger partial charge in [0, 0.05) is 29.5 Å². The van der Waals surface area contributed by atoms with Crippen molar-refractivity contribution in [1.82, 2.24) is 9.55 Å². The van der Waals surface area contributed by atoms with Crippen molar-refractivity contribution in [1.29, 1.82) is 0 Å². The molecule has 0 aliphatic carbocycles. The van der Waals surface area contributed by atoms with Crippen molar-refractivity contribution in [2.75, 3.05) is 0 Å². The lowest BCUT2D eigenvalue weighted by Crippen LogP contribution is -2.09. The number of halogens is 1. The average Bonchev–Trinajstić information content (AvgIpc) is 2.64. The molecule has 0 N–H and O–H groups in total. The van der Waals surface area contributed by atoms with Crippen molar-refractivity contribution in [3.05, 3.63) is 52.5 Å². The Balaban J connectivity index is 2.46. The zero-order valence-electron chi connectivity index (χ0n) is 8.14. The number of ketones is 1. The van der Waals surface area contributed by atoms with E-state index >= 15 is 0 Å². The van der Waals surface area contributed by atoms with E-state index in [9.17, 15) is 4.79 Å². The Morgan fingerprint density at radius 2 is 2.13 bits per heavy atom. The van der Waals surface area contributed by atoms with E-state index in [0.717, 1.165) is 4.47 Å². The lowest BCUT2D eigenvalue weighted by molar-refractivity contribution is 0.102. The third-order valence-electron chi connectivity index (χ3n) is 2.14. The number of nitrogens with zero attached hydrogens (tertiary/aromatic N) is 2. The van der Waals surface area contributed by atoms with Gasteiger partial charge in [-0.25, -0.2) is 4.98 Å². The van der Waals surface area contributed by atoms with Gasteiger partial charge in [0.2, 0.25) is 5.78 Å². The van der Waals surface area contributed by atoms with Gasteiger partial charge in [0.1, 0.15) is 0 Å². The molecule has 1 heterocycles. The highest BCUT2D eigenvalue weighted by Gasteiger charge is 2.15. The van der Waals surface area contributed by atoms with Crippen LogP contribution in [-0.2, 0) is 7.05 Å². The molecule has 1 aromatic carbocycles. The van der Waals surface area contributed by atoms with Crippen molar-refractivity contribution in [3.8, 4) is 0 Å². The van der Waals surface area contributed by atoms with E-state index in [1.165, 1.54) is 0 Å². The van der Waals surface area contributed by atoms with Crippen LogP contribution < -0.4 is 0 Å². The molecular formula is C11H9BrN2O. The molecule has 0 unspecified atom stereocenters. The molecule has 2 aromatic rings. The minimum atomic E-state index is -0.0741. The summed E-state index contributed by atoms with van der Waals surface area (Å²) < 4.78 is 2.50. The summed E-state index contributed by atoms with van der Waals surface area (Å²) in [6.45, 7) is 0. The number of hydrogen-bond acceptors (Lipinski definition) is 2. The Hall–Kier alpha value is -1.42. The van der Waals surface area contributed by atoms with Crippen LogP contribution in [0.5, 0.6) is 0 Å². The number of hydrogen-bond donors (Lipinski definition) is 0. The van der Waals surface area contributed by atoms with E-state index in [4.69, 9.17) is 0 Å². The van der Waals surface area contributed by atoms with Crippen molar-refractivity contribution in [2.24, 2.45) is 7.05 Å². The van der Waals surface area contributed by atoms with E-state index in [2.05, 4.69) is 20.9 Å². The average molecular weight is 265 g/mol. The minimum absolute atomic E-state index is 0.0741. The molecular weight excluding hydrogens is 256 g/mol. The van der Waals surface area contributed by atoms with Gasteiger partial charge in [-0.15, -0.1) is 0 Å². The topological polar surface area (TPSA) is 34.9 Å². The summed E-state index contributed by atoms with van der Waals surface area (Å²) in [5.41, 5.74) is 0.631. The molecule has 3 nitrogen and oxygen atoms in total. The molecule has 76 valence electrons. The first-order valence-electron chi connectivity index (χ1n) is 4.46. The van der Waals surface area contributed by atoms with E-state index in [0.29, 0.717) is 11.4 Å². The van der Waals surface area contributed by atoms with Crippen LogP contribution in [0.3, 0.4) is 0 Å². The standard InChI is InChI=1S/C11H9BrN2O/c1-14-7-6-13-11(14)10(15)8-4-2-3-5-9(8)12/h2-7H,1H3. The molecule has 2 rings (SSSR count). The molecule has 1 aromatic heterocycles. The lowest BCUT2D eigenvalue weighted by atomic mass is 10.1. The summed E-state index contributed by atoms with van der Waals surface area (Å²) in [6.07, 6.45) is 3.37. The number of aryl methyl sites for hydroxylation is 1. The molecule has 0 radical (unpaired) electrons. The molecule has 15 heavy (non-hydrogen) atoms. The summed E-state index contributed by atoms with van der Waals surface area (Å²) >= 11 is 3.35. The first-order valence-corrected chi connectivity index (χ1v) is 5.26. The fourth-order valence-electron chi connectivity index (χ4n) is 1.35. The summed E-state index contributed by atoms with van der Waals surface area (Å²) in [5, 5.41) is 0. The molecule has 0 amide bonds. The lowest BCUT2D eigenvalue weighted by Gasteiger charge is -2.02. The summed E-state index contributed by atoms with van der Waals surface area (Å²) in [6, 6.07) is 7.33. The maximum absolute atomic E-state index is 12.0. The van der Waals surface area contributed by atoms with Crippen LogP contribution in [0.15, 0.2) is 41.1 Å². The number of aromatic nitrogens is 2. The molecule has 0 aliphatic rings. The van der Waals surface area contributed by atoms with E-state index in [1.807, 2.05) is 18.2 Å². The predicted molar refractivity (Wildman–Crippen MR) is 60.8 cm³/mol. The smallest absolute Gasteiger partial charge is 0.229 e. The van der Waals surface area contributed by atoms with Crippen molar-refractivity contribution < 1.29 is 4.79 Å². The highest BCUT2D eigenvalue weighted by Crippen LogP contribution is 2.18. The second kappa shape index (κ2) is 3.98. The van der Waals surface area contributed by atoms with E-state index in [1.54, 1.807) is 30.1 Å². The SMILES string of the molecule is Cn1ccnc1C(=O)c1ccccc1Br. The molecule has 0 bridgehead atoms. The minimum Gasteiger partial charge on any atom is -0.331 e. The van der Waals surface area contributed by atoms with Crippen LogP contribution in [0.2, 0.25) is 0 Å². The Bertz CT molecular complexity index is 505. The summed E-state index contributed by atoms with van der Waals surface area (Å²) in [4.78, 5) is 16.1. The number of rotatable bonds is 2. The molecule has 0 aliphatic heterocycles. The van der Waals surface area contributed by atoms with Crippen LogP contribution in [-0.4, -0.2) is 15.3 Å². The van der Waals surface area contributed by atoms with Gasteiger partial charge < -0.3 is 4.57 Å². The van der Waals surface area contributed by atoms with Crippen molar-refractivity contribution >= 4 is 21.7 Å². The first-order chi connectivity index (χ1) is 7.20. The van der Waals surface area contributed by atoms with Crippen LogP contribution in [0.25, 0.3) is 0 Å². The van der Waals surface area contributed by atoms with Crippen LogP contribution >= 0.6 is 15.9 Å². The van der Waals surface area contributed by atoms with Gasteiger partial charge in [-0.3, -0.25) is 4.79 Å². The maximum atomic E-state index is 12.0. The number of carbonyl (C=O) groups excluding carboxylic acids is 1. The highest BCUT2D eigenvalue weighted by molar-refractivity contribution is 9.10. The third kappa shape index (κ3) is 1.85. The largest absolute Gasteiger partial charge is 0.331 e. The summed E-state index contributed by atoms with van der Waals surface area (Å²) in [5.74, 6) is 0.372. The molecule has 4 heteroatoms. The van der Waals surface area contributed by atoms with Gasteiger partial charge in [-0.05, 0) is 12.1 Å². The van der Waals surface area contributed by atoms with E-state index in [-0.39, 0.29) is 5.78 Å². The van der Waals surface area contributed by atoms with Crippen LogP contribution in [0, 0.1) is 0 Å². The highest BCUT2D eigenvalue weighted by atomic mass is 79.9. The molecule has 0 fully saturated rings.